The van der Waals surface area contributed by atoms with Crippen molar-refractivity contribution in [3.05, 3.63) is 31.8 Å². The van der Waals surface area contributed by atoms with E-state index < -0.39 is 0 Å². The van der Waals surface area contributed by atoms with Crippen LogP contribution in [0.3, 0.4) is 0 Å². The zero-order valence-electron chi connectivity index (χ0n) is 8.99. The molecule has 1 fully saturated rings. The largest absolute Gasteiger partial charge is 0.323 e. The van der Waals surface area contributed by atoms with Crippen molar-refractivity contribution in [2.75, 3.05) is 6.54 Å². The second-order valence-electron chi connectivity index (χ2n) is 3.91. The van der Waals surface area contributed by atoms with E-state index in [1.165, 1.54) is 0 Å². The van der Waals surface area contributed by atoms with Gasteiger partial charge in [-0.25, -0.2) is 0 Å². The molecule has 5 heteroatoms. The van der Waals surface area contributed by atoms with Gasteiger partial charge in [-0.2, -0.15) is 5.26 Å². The summed E-state index contributed by atoms with van der Waals surface area (Å²) in [4.78, 5) is 14.0. The predicted octanol–water partition coefficient (Wildman–Crippen LogP) is 3.18. The van der Waals surface area contributed by atoms with Gasteiger partial charge in [-0.05, 0) is 53.6 Å². The van der Waals surface area contributed by atoms with E-state index in [0.29, 0.717) is 12.1 Å². The van der Waals surface area contributed by atoms with E-state index in [2.05, 4.69) is 44.6 Å². The van der Waals surface area contributed by atoms with Crippen LogP contribution in [0.15, 0.2) is 22.7 Å². The Morgan fingerprint density at radius 2 is 2.35 bits per heavy atom. The van der Waals surface area contributed by atoms with Crippen molar-refractivity contribution in [1.29, 1.82) is 5.26 Å². The third-order valence-corrected chi connectivity index (χ3v) is 4.26. The normalized spacial score (nSPS) is 19.1. The van der Waals surface area contributed by atoms with Gasteiger partial charge in [0.25, 0.3) is 5.91 Å². The fraction of sp³-hybridized carbons (Fsp3) is 0.333. The Morgan fingerprint density at radius 1 is 1.59 bits per heavy atom. The van der Waals surface area contributed by atoms with Crippen molar-refractivity contribution < 1.29 is 4.79 Å². The van der Waals surface area contributed by atoms with Crippen molar-refractivity contribution in [1.82, 2.24) is 4.90 Å². The Hall–Kier alpha value is -0.610. The Labute approximate surface area is 122 Å². The molecular weight excluding hydrogens is 395 g/mol. The first-order valence-corrected chi connectivity index (χ1v) is 7.16. The molecule has 88 valence electrons. The predicted molar refractivity (Wildman–Crippen MR) is 76.5 cm³/mol. The smallest absolute Gasteiger partial charge is 0.256 e. The molecule has 0 radical (unpaired) electrons. The topological polar surface area (TPSA) is 44.1 Å². The van der Waals surface area contributed by atoms with E-state index in [9.17, 15) is 4.79 Å². The van der Waals surface area contributed by atoms with Gasteiger partial charge in [0.1, 0.15) is 6.04 Å². The number of amides is 1. The molecule has 1 aliphatic heterocycles. The monoisotopic (exact) mass is 404 g/mol. The number of halogens is 2. The summed E-state index contributed by atoms with van der Waals surface area (Å²) in [6.07, 6.45) is 1.70. The van der Waals surface area contributed by atoms with Crippen LogP contribution >= 0.6 is 38.5 Å². The molecule has 0 N–H and O–H groups in total. The highest BCUT2D eigenvalue weighted by atomic mass is 127. The zero-order chi connectivity index (χ0) is 12.4. The second-order valence-corrected chi connectivity index (χ2v) is 5.99. The highest BCUT2D eigenvalue weighted by Crippen LogP contribution is 2.24. The fourth-order valence-electron chi connectivity index (χ4n) is 1.96. The van der Waals surface area contributed by atoms with Crippen LogP contribution in [-0.2, 0) is 0 Å². The molecule has 2 rings (SSSR count). The summed E-state index contributed by atoms with van der Waals surface area (Å²) in [7, 11) is 0. The summed E-state index contributed by atoms with van der Waals surface area (Å²) in [5, 5.41) is 9.00. The van der Waals surface area contributed by atoms with E-state index in [1.54, 1.807) is 4.90 Å². The molecule has 1 saturated heterocycles. The minimum absolute atomic E-state index is 0.0419. The summed E-state index contributed by atoms with van der Waals surface area (Å²) in [6, 6.07) is 7.54. The van der Waals surface area contributed by atoms with Gasteiger partial charge in [-0.1, -0.05) is 15.9 Å². The van der Waals surface area contributed by atoms with Crippen molar-refractivity contribution in [3.63, 3.8) is 0 Å². The van der Waals surface area contributed by atoms with Crippen LogP contribution in [0.25, 0.3) is 0 Å². The van der Waals surface area contributed by atoms with Crippen molar-refractivity contribution >= 4 is 44.4 Å². The summed E-state index contributed by atoms with van der Waals surface area (Å²) in [5.41, 5.74) is 0.669. The maximum Gasteiger partial charge on any atom is 0.256 e. The minimum atomic E-state index is -0.266. The molecule has 1 aromatic carbocycles. The van der Waals surface area contributed by atoms with Gasteiger partial charge in [-0.15, -0.1) is 0 Å². The molecule has 0 aliphatic carbocycles. The van der Waals surface area contributed by atoms with E-state index >= 15 is 0 Å². The van der Waals surface area contributed by atoms with Crippen molar-refractivity contribution in [3.8, 4) is 6.07 Å². The van der Waals surface area contributed by atoms with Crippen LogP contribution in [0.2, 0.25) is 0 Å². The van der Waals surface area contributed by atoms with Crippen LogP contribution in [0.4, 0.5) is 0 Å². The van der Waals surface area contributed by atoms with Gasteiger partial charge in [0.05, 0.1) is 11.6 Å². The Balaban J connectivity index is 2.31. The second kappa shape index (κ2) is 5.36. The Morgan fingerprint density at radius 3 is 3.06 bits per heavy atom. The molecule has 1 heterocycles. The van der Waals surface area contributed by atoms with Gasteiger partial charge in [0, 0.05) is 14.6 Å². The van der Waals surface area contributed by atoms with E-state index in [0.717, 1.165) is 20.9 Å². The number of nitrogens with zero attached hydrogens (tertiary/aromatic N) is 2. The number of carbonyl (C=O) groups excluding carboxylic acids is 1. The van der Waals surface area contributed by atoms with Crippen LogP contribution < -0.4 is 0 Å². The van der Waals surface area contributed by atoms with Crippen molar-refractivity contribution in [2.24, 2.45) is 0 Å². The molecule has 1 aromatic rings. The van der Waals surface area contributed by atoms with Gasteiger partial charge in [-0.3, -0.25) is 4.79 Å². The van der Waals surface area contributed by atoms with Gasteiger partial charge < -0.3 is 4.90 Å². The molecule has 0 spiro atoms. The SMILES string of the molecule is N#CC1CCCN1C(=O)c1cc(Br)ccc1I. The standard InChI is InChI=1S/C12H10BrIN2O/c13-8-3-4-11(14)10(6-8)12(17)16-5-1-2-9(16)7-15/h3-4,6,9H,1-2,5H2. The number of hydrogen-bond acceptors (Lipinski definition) is 2. The average molecular weight is 405 g/mol. The number of rotatable bonds is 1. The van der Waals surface area contributed by atoms with Crippen LogP contribution in [0.5, 0.6) is 0 Å². The zero-order valence-corrected chi connectivity index (χ0v) is 12.7. The molecule has 1 amide bonds. The van der Waals surface area contributed by atoms with Crippen LogP contribution in [-0.4, -0.2) is 23.4 Å². The highest BCUT2D eigenvalue weighted by molar-refractivity contribution is 14.1. The number of hydrogen-bond donors (Lipinski definition) is 0. The lowest BCUT2D eigenvalue weighted by Gasteiger charge is -2.20. The number of benzene rings is 1. The van der Waals surface area contributed by atoms with Gasteiger partial charge >= 0.3 is 0 Å². The molecule has 1 unspecified atom stereocenters. The molecule has 1 atom stereocenters. The summed E-state index contributed by atoms with van der Waals surface area (Å²) < 4.78 is 1.80. The Bertz CT molecular complexity index is 498. The van der Waals surface area contributed by atoms with Crippen molar-refractivity contribution in [2.45, 2.75) is 18.9 Å². The first-order valence-electron chi connectivity index (χ1n) is 5.29. The quantitative estimate of drug-likeness (QED) is 0.674. The maximum absolute atomic E-state index is 12.3. The maximum atomic E-state index is 12.3. The summed E-state index contributed by atoms with van der Waals surface area (Å²) in [5.74, 6) is -0.0419. The summed E-state index contributed by atoms with van der Waals surface area (Å²) >= 11 is 5.51. The lowest BCUT2D eigenvalue weighted by Crippen LogP contribution is -2.35. The number of nitriles is 1. The Kier molecular flexibility index (Phi) is 4.05. The highest BCUT2D eigenvalue weighted by Gasteiger charge is 2.30. The fourth-order valence-corrected chi connectivity index (χ4v) is 2.89. The molecular formula is C12H10BrIN2O. The first-order chi connectivity index (χ1) is 8.13. The molecule has 0 saturated carbocycles. The lowest BCUT2D eigenvalue weighted by atomic mass is 10.2. The van der Waals surface area contributed by atoms with Gasteiger partial charge in [0.2, 0.25) is 0 Å². The molecule has 0 aromatic heterocycles. The van der Waals surface area contributed by atoms with Crippen LogP contribution in [0, 0.1) is 14.9 Å². The average Bonchev–Trinajstić information content (AvgIpc) is 2.79. The molecule has 0 bridgehead atoms. The minimum Gasteiger partial charge on any atom is -0.323 e. The third-order valence-electron chi connectivity index (χ3n) is 2.82. The van der Waals surface area contributed by atoms with E-state index in [-0.39, 0.29) is 11.9 Å². The first kappa shape index (κ1) is 12.8. The third kappa shape index (κ3) is 2.63. The summed E-state index contributed by atoms with van der Waals surface area (Å²) in [6.45, 7) is 0.680. The molecule has 17 heavy (non-hydrogen) atoms. The molecule has 3 nitrogen and oxygen atoms in total. The van der Waals surface area contributed by atoms with Gasteiger partial charge in [0.15, 0.2) is 0 Å². The lowest BCUT2D eigenvalue weighted by molar-refractivity contribution is 0.0763. The molecule has 1 aliphatic rings. The number of likely N-dealkylation sites (tertiary alicyclic amines) is 1. The van der Waals surface area contributed by atoms with E-state index in [1.807, 2.05) is 18.2 Å². The van der Waals surface area contributed by atoms with E-state index in [4.69, 9.17) is 5.26 Å². The number of carbonyl (C=O) groups is 1. The van der Waals surface area contributed by atoms with Crippen LogP contribution in [0.1, 0.15) is 23.2 Å².